The average molecular weight is 228 g/mol. The van der Waals surface area contributed by atoms with Crippen LogP contribution in [0.2, 0.25) is 0 Å². The molecular weight excluding hydrogens is 212 g/mol. The molecule has 0 saturated heterocycles. The lowest BCUT2D eigenvalue weighted by Crippen LogP contribution is -2.25. The van der Waals surface area contributed by atoms with Crippen molar-refractivity contribution < 1.29 is 9.53 Å². The first kappa shape index (κ1) is 12.0. The maximum absolute atomic E-state index is 11.3. The Kier molecular flexibility index (Phi) is 3.34. The van der Waals surface area contributed by atoms with E-state index in [0.29, 0.717) is 10.6 Å². The quantitative estimate of drug-likeness (QED) is 0.790. The first-order chi connectivity index (χ1) is 6.83. The van der Waals surface area contributed by atoms with Crippen molar-refractivity contribution in [3.8, 4) is 0 Å². The van der Waals surface area contributed by atoms with Gasteiger partial charge in [0.05, 0.1) is 12.8 Å². The van der Waals surface area contributed by atoms with E-state index in [1.54, 1.807) is 6.92 Å². The van der Waals surface area contributed by atoms with Crippen molar-refractivity contribution in [2.75, 3.05) is 12.4 Å². The summed E-state index contributed by atoms with van der Waals surface area (Å²) in [6.45, 7) is 7.93. The van der Waals surface area contributed by atoms with Gasteiger partial charge >= 0.3 is 5.97 Å². The molecule has 1 rings (SSSR count). The predicted molar refractivity (Wildman–Crippen MR) is 61.6 cm³/mol. The number of carbonyl (C=O) groups excluding carboxylic acids is 1. The van der Waals surface area contributed by atoms with Gasteiger partial charge in [0.1, 0.15) is 4.88 Å². The van der Waals surface area contributed by atoms with Gasteiger partial charge in [0.25, 0.3) is 0 Å². The fraction of sp³-hybridized carbons (Fsp3) is 0.600. The molecule has 0 aliphatic carbocycles. The molecule has 0 atom stereocenters. The number of ether oxygens (including phenoxy) is 1. The molecule has 0 unspecified atom stereocenters. The SMILES string of the molecule is COC(=O)c1sc(NC(C)(C)C)nc1C. The fourth-order valence-corrected chi connectivity index (χ4v) is 2.15. The van der Waals surface area contributed by atoms with E-state index in [4.69, 9.17) is 0 Å². The number of hydrogen-bond donors (Lipinski definition) is 1. The first-order valence-electron chi connectivity index (χ1n) is 4.67. The second-order valence-electron chi connectivity index (χ2n) is 4.30. The fourth-order valence-electron chi connectivity index (χ4n) is 1.05. The normalized spacial score (nSPS) is 11.3. The highest BCUT2D eigenvalue weighted by atomic mass is 32.1. The van der Waals surface area contributed by atoms with Gasteiger partial charge in [-0.3, -0.25) is 0 Å². The van der Waals surface area contributed by atoms with Crippen LogP contribution < -0.4 is 5.32 Å². The Bertz CT molecular complexity index is 366. The Hall–Kier alpha value is -1.10. The first-order valence-corrected chi connectivity index (χ1v) is 5.49. The highest BCUT2D eigenvalue weighted by Crippen LogP contribution is 2.25. The molecule has 0 fully saturated rings. The lowest BCUT2D eigenvalue weighted by Gasteiger charge is -2.19. The zero-order chi connectivity index (χ0) is 11.6. The lowest BCUT2D eigenvalue weighted by molar-refractivity contribution is 0.0605. The number of anilines is 1. The molecule has 15 heavy (non-hydrogen) atoms. The van der Waals surface area contributed by atoms with Gasteiger partial charge in [-0.1, -0.05) is 11.3 Å². The molecule has 1 N–H and O–H groups in total. The Morgan fingerprint density at radius 2 is 2.07 bits per heavy atom. The number of aromatic nitrogens is 1. The number of esters is 1. The summed E-state index contributed by atoms with van der Waals surface area (Å²) in [4.78, 5) is 16.2. The Morgan fingerprint density at radius 3 is 2.53 bits per heavy atom. The van der Waals surface area contributed by atoms with E-state index in [1.165, 1.54) is 18.4 Å². The Labute approximate surface area is 93.7 Å². The number of nitrogens with one attached hydrogen (secondary N) is 1. The van der Waals surface area contributed by atoms with Crippen molar-refractivity contribution in [1.29, 1.82) is 0 Å². The molecular formula is C10H16N2O2S. The van der Waals surface area contributed by atoms with Crippen LogP contribution in [0.3, 0.4) is 0 Å². The number of hydrogen-bond acceptors (Lipinski definition) is 5. The molecule has 0 spiro atoms. The van der Waals surface area contributed by atoms with Crippen LogP contribution in [0.1, 0.15) is 36.1 Å². The summed E-state index contributed by atoms with van der Waals surface area (Å²) < 4.78 is 4.66. The number of aryl methyl sites for hydroxylation is 1. The molecule has 84 valence electrons. The third-order valence-corrected chi connectivity index (χ3v) is 2.70. The minimum Gasteiger partial charge on any atom is -0.465 e. The summed E-state index contributed by atoms with van der Waals surface area (Å²) in [6.07, 6.45) is 0. The van der Waals surface area contributed by atoms with Gasteiger partial charge in [-0.15, -0.1) is 0 Å². The van der Waals surface area contributed by atoms with E-state index in [1.807, 2.05) is 20.8 Å². The lowest BCUT2D eigenvalue weighted by atomic mass is 10.1. The molecule has 0 bridgehead atoms. The molecule has 0 aliphatic rings. The maximum atomic E-state index is 11.3. The minimum absolute atomic E-state index is 0.0579. The maximum Gasteiger partial charge on any atom is 0.350 e. The van der Waals surface area contributed by atoms with Gasteiger partial charge in [-0.25, -0.2) is 9.78 Å². The summed E-state index contributed by atoms with van der Waals surface area (Å²) in [5, 5.41) is 3.97. The minimum atomic E-state index is -0.327. The summed E-state index contributed by atoms with van der Waals surface area (Å²) >= 11 is 1.32. The number of rotatable bonds is 2. The number of thiazole rings is 1. The van der Waals surface area contributed by atoms with Crippen LogP contribution in [0.5, 0.6) is 0 Å². The van der Waals surface area contributed by atoms with E-state index in [2.05, 4.69) is 15.0 Å². The second-order valence-corrected chi connectivity index (χ2v) is 5.30. The van der Waals surface area contributed by atoms with Gasteiger partial charge < -0.3 is 10.1 Å². The smallest absolute Gasteiger partial charge is 0.350 e. The Morgan fingerprint density at radius 1 is 1.47 bits per heavy atom. The molecule has 1 aromatic heterocycles. The van der Waals surface area contributed by atoms with Crippen LogP contribution in [0.25, 0.3) is 0 Å². The zero-order valence-electron chi connectivity index (χ0n) is 9.67. The molecule has 5 heteroatoms. The summed E-state index contributed by atoms with van der Waals surface area (Å²) in [5.41, 5.74) is 0.649. The van der Waals surface area contributed by atoms with E-state index < -0.39 is 0 Å². The van der Waals surface area contributed by atoms with Crippen LogP contribution >= 0.6 is 11.3 Å². The van der Waals surface area contributed by atoms with Gasteiger partial charge in [-0.05, 0) is 27.7 Å². The molecule has 0 amide bonds. The summed E-state index contributed by atoms with van der Waals surface area (Å²) in [5.74, 6) is -0.327. The van der Waals surface area contributed by atoms with E-state index in [-0.39, 0.29) is 11.5 Å². The van der Waals surface area contributed by atoms with E-state index in [9.17, 15) is 4.79 Å². The molecule has 1 aromatic rings. The van der Waals surface area contributed by atoms with Crippen LogP contribution in [-0.4, -0.2) is 23.6 Å². The van der Waals surface area contributed by atoms with Crippen molar-refractivity contribution in [3.05, 3.63) is 10.6 Å². The van der Waals surface area contributed by atoms with Gasteiger partial charge in [0.2, 0.25) is 0 Å². The average Bonchev–Trinajstić information content (AvgIpc) is 2.42. The van der Waals surface area contributed by atoms with Crippen molar-refractivity contribution in [2.24, 2.45) is 0 Å². The third kappa shape index (κ3) is 3.20. The van der Waals surface area contributed by atoms with Crippen molar-refractivity contribution in [2.45, 2.75) is 33.2 Å². The van der Waals surface area contributed by atoms with Crippen molar-refractivity contribution >= 4 is 22.4 Å². The predicted octanol–water partition coefficient (Wildman–Crippen LogP) is 2.45. The molecule has 4 nitrogen and oxygen atoms in total. The van der Waals surface area contributed by atoms with Crippen LogP contribution in [0, 0.1) is 6.92 Å². The van der Waals surface area contributed by atoms with Gasteiger partial charge in [0, 0.05) is 5.54 Å². The van der Waals surface area contributed by atoms with Gasteiger partial charge in [0.15, 0.2) is 5.13 Å². The molecule has 0 aromatic carbocycles. The largest absolute Gasteiger partial charge is 0.465 e. The third-order valence-electron chi connectivity index (χ3n) is 1.65. The zero-order valence-corrected chi connectivity index (χ0v) is 10.5. The monoisotopic (exact) mass is 228 g/mol. The van der Waals surface area contributed by atoms with Crippen molar-refractivity contribution in [3.63, 3.8) is 0 Å². The van der Waals surface area contributed by atoms with Crippen LogP contribution in [0.15, 0.2) is 0 Å². The van der Waals surface area contributed by atoms with Gasteiger partial charge in [-0.2, -0.15) is 0 Å². The highest BCUT2D eigenvalue weighted by Gasteiger charge is 2.18. The second kappa shape index (κ2) is 4.18. The Balaban J connectivity index is 2.91. The number of carbonyl (C=O) groups is 1. The summed E-state index contributed by atoms with van der Waals surface area (Å²) in [6, 6.07) is 0. The molecule has 1 heterocycles. The van der Waals surface area contributed by atoms with Crippen LogP contribution in [-0.2, 0) is 4.74 Å². The highest BCUT2D eigenvalue weighted by molar-refractivity contribution is 7.17. The van der Waals surface area contributed by atoms with E-state index >= 15 is 0 Å². The molecule has 0 radical (unpaired) electrons. The van der Waals surface area contributed by atoms with Crippen LogP contribution in [0.4, 0.5) is 5.13 Å². The number of nitrogens with zero attached hydrogens (tertiary/aromatic N) is 1. The molecule has 0 aliphatic heterocycles. The molecule has 0 saturated carbocycles. The topological polar surface area (TPSA) is 51.2 Å². The van der Waals surface area contributed by atoms with E-state index in [0.717, 1.165) is 5.13 Å². The standard InChI is InChI=1S/C10H16N2O2S/c1-6-7(8(13)14-5)15-9(11-6)12-10(2,3)4/h1-5H3,(H,11,12). The van der Waals surface area contributed by atoms with Crippen molar-refractivity contribution in [1.82, 2.24) is 4.98 Å². The summed E-state index contributed by atoms with van der Waals surface area (Å²) in [7, 11) is 1.37. The number of methoxy groups -OCH3 is 1.